The van der Waals surface area contributed by atoms with Crippen molar-refractivity contribution in [3.05, 3.63) is 39.6 Å². The molecule has 0 aliphatic carbocycles. The highest BCUT2D eigenvalue weighted by Gasteiger charge is 2.08. The van der Waals surface area contributed by atoms with E-state index >= 15 is 0 Å². The fourth-order valence-electron chi connectivity index (χ4n) is 1.61. The maximum atomic E-state index is 5.82. The van der Waals surface area contributed by atoms with E-state index in [0.29, 0.717) is 5.88 Å². The second-order valence-electron chi connectivity index (χ2n) is 3.66. The minimum atomic E-state index is 0.404. The zero-order valence-corrected chi connectivity index (χ0v) is 11.4. The van der Waals surface area contributed by atoms with Gasteiger partial charge in [0.05, 0.1) is 23.5 Å². The lowest BCUT2D eigenvalue weighted by Gasteiger charge is -2.09. The van der Waals surface area contributed by atoms with Gasteiger partial charge < -0.3 is 0 Å². The standard InChI is InChI=1S/C11H11BrClN3/c1-7-3-9(4-8(2)11(7)12)16-10(5-13)6-14-15-16/h3-4,6H,5H2,1-2H3. The molecule has 0 unspecified atom stereocenters. The Labute approximate surface area is 108 Å². The molecule has 1 aromatic heterocycles. The lowest BCUT2D eigenvalue weighted by Crippen LogP contribution is -2.02. The number of halogens is 2. The molecule has 1 aromatic carbocycles. The summed E-state index contributed by atoms with van der Waals surface area (Å²) in [6.45, 7) is 4.11. The molecule has 0 saturated carbocycles. The molecule has 1 heterocycles. The highest BCUT2D eigenvalue weighted by Crippen LogP contribution is 2.24. The third kappa shape index (κ3) is 1.99. The largest absolute Gasteiger partial charge is 0.216 e. The first-order valence-corrected chi connectivity index (χ1v) is 6.19. The second-order valence-corrected chi connectivity index (χ2v) is 4.72. The summed E-state index contributed by atoms with van der Waals surface area (Å²) >= 11 is 9.36. The first-order valence-electron chi connectivity index (χ1n) is 4.86. The second kappa shape index (κ2) is 4.55. The molecule has 0 aliphatic rings. The Kier molecular flexibility index (Phi) is 3.30. The summed E-state index contributed by atoms with van der Waals surface area (Å²) in [5.74, 6) is 0.404. The van der Waals surface area contributed by atoms with E-state index in [0.717, 1.165) is 15.9 Å². The molecular formula is C11H11BrClN3. The summed E-state index contributed by atoms with van der Waals surface area (Å²) in [7, 11) is 0. The average Bonchev–Trinajstić information content (AvgIpc) is 2.73. The number of hydrogen-bond donors (Lipinski definition) is 0. The van der Waals surface area contributed by atoms with Crippen LogP contribution in [-0.4, -0.2) is 15.0 Å². The van der Waals surface area contributed by atoms with Crippen LogP contribution in [0.25, 0.3) is 5.69 Å². The Bertz CT molecular complexity index is 499. The van der Waals surface area contributed by atoms with Crippen LogP contribution in [-0.2, 0) is 5.88 Å². The summed E-state index contributed by atoms with van der Waals surface area (Å²) in [6, 6.07) is 4.11. The van der Waals surface area contributed by atoms with Crippen LogP contribution in [0.3, 0.4) is 0 Å². The molecule has 0 bridgehead atoms. The van der Waals surface area contributed by atoms with Gasteiger partial charge in [-0.25, -0.2) is 4.68 Å². The Morgan fingerprint density at radius 2 is 1.94 bits per heavy atom. The van der Waals surface area contributed by atoms with Gasteiger partial charge in [0, 0.05) is 4.47 Å². The smallest absolute Gasteiger partial charge is 0.0793 e. The number of aryl methyl sites for hydroxylation is 2. The van der Waals surface area contributed by atoms with E-state index in [1.54, 1.807) is 10.9 Å². The zero-order valence-electron chi connectivity index (χ0n) is 9.04. The Morgan fingerprint density at radius 3 is 2.50 bits per heavy atom. The average molecular weight is 301 g/mol. The molecule has 0 aliphatic heterocycles. The van der Waals surface area contributed by atoms with E-state index in [1.807, 2.05) is 0 Å². The summed E-state index contributed by atoms with van der Waals surface area (Å²) in [5.41, 5.74) is 4.23. The molecule has 0 spiro atoms. The molecule has 16 heavy (non-hydrogen) atoms. The predicted molar refractivity (Wildman–Crippen MR) is 68.1 cm³/mol. The summed E-state index contributed by atoms with van der Waals surface area (Å²) < 4.78 is 2.89. The summed E-state index contributed by atoms with van der Waals surface area (Å²) in [5, 5.41) is 7.90. The molecule has 3 nitrogen and oxygen atoms in total. The molecule has 0 atom stereocenters. The van der Waals surface area contributed by atoms with Crippen molar-refractivity contribution in [1.82, 2.24) is 15.0 Å². The number of alkyl halides is 1. The monoisotopic (exact) mass is 299 g/mol. The molecule has 2 aromatic rings. The van der Waals surface area contributed by atoms with Crippen molar-refractivity contribution in [2.24, 2.45) is 0 Å². The minimum Gasteiger partial charge on any atom is -0.216 e. The van der Waals surface area contributed by atoms with E-state index < -0.39 is 0 Å². The maximum absolute atomic E-state index is 5.82. The third-order valence-corrected chi connectivity index (χ3v) is 3.95. The quantitative estimate of drug-likeness (QED) is 0.796. The van der Waals surface area contributed by atoms with Crippen LogP contribution in [0, 0.1) is 13.8 Å². The molecule has 0 N–H and O–H groups in total. The van der Waals surface area contributed by atoms with Crippen LogP contribution in [0.4, 0.5) is 0 Å². The van der Waals surface area contributed by atoms with Crippen molar-refractivity contribution >= 4 is 27.5 Å². The van der Waals surface area contributed by atoms with Crippen molar-refractivity contribution in [2.45, 2.75) is 19.7 Å². The first kappa shape index (κ1) is 11.6. The van der Waals surface area contributed by atoms with Crippen LogP contribution < -0.4 is 0 Å². The van der Waals surface area contributed by atoms with Crippen LogP contribution in [0.5, 0.6) is 0 Å². The third-order valence-electron chi connectivity index (χ3n) is 2.42. The fraction of sp³-hybridized carbons (Fsp3) is 0.273. The van der Waals surface area contributed by atoms with E-state index in [4.69, 9.17) is 11.6 Å². The van der Waals surface area contributed by atoms with Gasteiger partial charge in [-0.05, 0) is 37.1 Å². The Morgan fingerprint density at radius 1 is 1.31 bits per heavy atom. The van der Waals surface area contributed by atoms with E-state index in [9.17, 15) is 0 Å². The van der Waals surface area contributed by atoms with Gasteiger partial charge >= 0.3 is 0 Å². The van der Waals surface area contributed by atoms with Gasteiger partial charge in [0.1, 0.15) is 0 Å². The van der Waals surface area contributed by atoms with Gasteiger partial charge in [-0.1, -0.05) is 21.1 Å². The van der Waals surface area contributed by atoms with E-state index in [-0.39, 0.29) is 0 Å². The summed E-state index contributed by atoms with van der Waals surface area (Å²) in [6.07, 6.45) is 1.68. The SMILES string of the molecule is Cc1cc(-n2nncc2CCl)cc(C)c1Br. The molecule has 0 amide bonds. The van der Waals surface area contributed by atoms with Crippen molar-refractivity contribution < 1.29 is 0 Å². The summed E-state index contributed by atoms with van der Waals surface area (Å²) in [4.78, 5) is 0. The molecule has 0 fully saturated rings. The number of hydrogen-bond acceptors (Lipinski definition) is 2. The van der Waals surface area contributed by atoms with E-state index in [2.05, 4.69) is 52.2 Å². The lowest BCUT2D eigenvalue weighted by molar-refractivity contribution is 0.779. The van der Waals surface area contributed by atoms with Gasteiger partial charge in [0.15, 0.2) is 0 Å². The molecule has 84 valence electrons. The van der Waals surface area contributed by atoms with Crippen LogP contribution in [0.1, 0.15) is 16.8 Å². The Hall–Kier alpha value is -0.870. The molecule has 0 saturated heterocycles. The van der Waals surface area contributed by atoms with Crippen molar-refractivity contribution in [1.29, 1.82) is 0 Å². The number of aromatic nitrogens is 3. The molecule has 0 radical (unpaired) electrons. The van der Waals surface area contributed by atoms with Crippen LogP contribution in [0.15, 0.2) is 22.8 Å². The normalized spacial score (nSPS) is 10.8. The Balaban J connectivity index is 2.57. The van der Waals surface area contributed by atoms with Crippen LogP contribution in [0.2, 0.25) is 0 Å². The van der Waals surface area contributed by atoms with Gasteiger partial charge in [0.25, 0.3) is 0 Å². The minimum absolute atomic E-state index is 0.404. The number of rotatable bonds is 2. The first-order chi connectivity index (χ1) is 7.63. The number of benzene rings is 1. The highest BCUT2D eigenvalue weighted by molar-refractivity contribution is 9.10. The lowest BCUT2D eigenvalue weighted by atomic mass is 10.1. The van der Waals surface area contributed by atoms with Gasteiger partial charge in [-0.2, -0.15) is 0 Å². The van der Waals surface area contributed by atoms with Crippen LogP contribution >= 0.6 is 27.5 Å². The fourth-order valence-corrected chi connectivity index (χ4v) is 2.02. The van der Waals surface area contributed by atoms with Crippen molar-refractivity contribution in [3.8, 4) is 5.69 Å². The topological polar surface area (TPSA) is 30.7 Å². The van der Waals surface area contributed by atoms with Gasteiger partial charge in [0.2, 0.25) is 0 Å². The van der Waals surface area contributed by atoms with Gasteiger partial charge in [-0.15, -0.1) is 16.7 Å². The van der Waals surface area contributed by atoms with E-state index in [1.165, 1.54) is 11.1 Å². The van der Waals surface area contributed by atoms with Crippen molar-refractivity contribution in [3.63, 3.8) is 0 Å². The molecule has 5 heteroatoms. The zero-order chi connectivity index (χ0) is 11.7. The van der Waals surface area contributed by atoms with Gasteiger partial charge in [-0.3, -0.25) is 0 Å². The number of nitrogens with zero attached hydrogens (tertiary/aromatic N) is 3. The maximum Gasteiger partial charge on any atom is 0.0793 e. The van der Waals surface area contributed by atoms with Crippen molar-refractivity contribution in [2.75, 3.05) is 0 Å². The molecular weight excluding hydrogens is 289 g/mol. The highest BCUT2D eigenvalue weighted by atomic mass is 79.9. The predicted octanol–water partition coefficient (Wildman–Crippen LogP) is 3.39. The molecule has 2 rings (SSSR count).